The van der Waals surface area contributed by atoms with Crippen LogP contribution in [0.25, 0.3) is 0 Å². The van der Waals surface area contributed by atoms with Crippen LogP contribution in [0, 0.1) is 5.92 Å². The molecule has 0 saturated carbocycles. The van der Waals surface area contributed by atoms with Gasteiger partial charge in [0.15, 0.2) is 0 Å². The number of likely N-dealkylation sites (N-methyl/N-ethyl adjacent to an activating group) is 1. The van der Waals surface area contributed by atoms with Gasteiger partial charge in [-0.3, -0.25) is 24.7 Å². The number of carbonyl (C=O) groups is 3. The number of carbonyl (C=O) groups excluding carboxylic acids is 3. The second-order valence-electron chi connectivity index (χ2n) is 4.93. The van der Waals surface area contributed by atoms with Crippen LogP contribution in [-0.2, 0) is 14.4 Å². The summed E-state index contributed by atoms with van der Waals surface area (Å²) in [4.78, 5) is 37.8. The number of likely N-dealkylation sites (tertiary alicyclic amines) is 1. The number of primary amides is 1. The van der Waals surface area contributed by atoms with Gasteiger partial charge in [-0.05, 0) is 19.4 Å². The minimum atomic E-state index is -0.446. The summed E-state index contributed by atoms with van der Waals surface area (Å²) in [6, 6.07) is 0. The van der Waals surface area contributed by atoms with Gasteiger partial charge in [0.2, 0.25) is 17.7 Å². The molecule has 0 radical (unpaired) electrons. The summed E-state index contributed by atoms with van der Waals surface area (Å²) in [5, 5.41) is 0. The van der Waals surface area contributed by atoms with Gasteiger partial charge in [0, 0.05) is 19.0 Å². The van der Waals surface area contributed by atoms with Crippen molar-refractivity contribution in [3.63, 3.8) is 0 Å². The Balaban J connectivity index is 2.42. The van der Waals surface area contributed by atoms with E-state index >= 15 is 0 Å². The first-order valence-electron chi connectivity index (χ1n) is 6.76. The molecule has 0 atom stereocenters. The predicted octanol–water partition coefficient (Wildman–Crippen LogP) is -1.98. The van der Waals surface area contributed by atoms with E-state index in [1.807, 2.05) is 6.92 Å². The van der Waals surface area contributed by atoms with Gasteiger partial charge in [0.1, 0.15) is 0 Å². The number of amides is 3. The summed E-state index contributed by atoms with van der Waals surface area (Å²) in [5.41, 5.74) is 7.27. The lowest BCUT2D eigenvalue weighted by Crippen LogP contribution is -2.48. The van der Waals surface area contributed by atoms with Gasteiger partial charge in [-0.1, -0.05) is 6.92 Å². The van der Waals surface area contributed by atoms with Crippen molar-refractivity contribution in [3.05, 3.63) is 0 Å². The standard InChI is InChI=1S/C12H23N5O3/c1-2-16(7-10(13)18)8-11(19)17-5-3-9(4-6-17)12(20)15-14/h9H,2-8,14H2,1H3,(H2,13,18)(H,15,20). The molecule has 1 rings (SSSR count). The second kappa shape index (κ2) is 7.81. The molecule has 114 valence electrons. The fourth-order valence-corrected chi connectivity index (χ4v) is 2.30. The molecule has 0 aromatic heterocycles. The average Bonchev–Trinajstić information content (AvgIpc) is 2.45. The van der Waals surface area contributed by atoms with E-state index in [-0.39, 0.29) is 30.8 Å². The lowest BCUT2D eigenvalue weighted by atomic mass is 9.96. The van der Waals surface area contributed by atoms with Crippen LogP contribution >= 0.6 is 0 Å². The number of hydrazine groups is 1. The van der Waals surface area contributed by atoms with Gasteiger partial charge in [0.05, 0.1) is 13.1 Å². The number of piperidine rings is 1. The van der Waals surface area contributed by atoms with Gasteiger partial charge in [0.25, 0.3) is 0 Å². The van der Waals surface area contributed by atoms with Crippen molar-refractivity contribution in [1.29, 1.82) is 0 Å². The molecule has 0 aromatic rings. The van der Waals surface area contributed by atoms with Crippen molar-refractivity contribution in [3.8, 4) is 0 Å². The molecule has 8 nitrogen and oxygen atoms in total. The zero-order valence-electron chi connectivity index (χ0n) is 11.8. The van der Waals surface area contributed by atoms with E-state index in [4.69, 9.17) is 11.6 Å². The van der Waals surface area contributed by atoms with E-state index in [9.17, 15) is 14.4 Å². The number of rotatable bonds is 6. The first kappa shape index (κ1) is 16.4. The monoisotopic (exact) mass is 285 g/mol. The fraction of sp³-hybridized carbons (Fsp3) is 0.750. The van der Waals surface area contributed by atoms with Crippen molar-refractivity contribution < 1.29 is 14.4 Å². The molecule has 0 spiro atoms. The Morgan fingerprint density at radius 2 is 1.85 bits per heavy atom. The van der Waals surface area contributed by atoms with Crippen LogP contribution in [0.1, 0.15) is 19.8 Å². The Hall–Kier alpha value is -1.67. The SMILES string of the molecule is CCN(CC(N)=O)CC(=O)N1CCC(C(=O)NN)CC1. The zero-order valence-corrected chi connectivity index (χ0v) is 11.8. The van der Waals surface area contributed by atoms with Crippen LogP contribution in [0.4, 0.5) is 0 Å². The zero-order chi connectivity index (χ0) is 15.1. The quantitative estimate of drug-likeness (QED) is 0.297. The summed E-state index contributed by atoms with van der Waals surface area (Å²) < 4.78 is 0. The lowest BCUT2D eigenvalue weighted by molar-refractivity contribution is -0.137. The third kappa shape index (κ3) is 4.78. The third-order valence-electron chi connectivity index (χ3n) is 3.55. The lowest BCUT2D eigenvalue weighted by Gasteiger charge is -2.32. The maximum Gasteiger partial charge on any atom is 0.237 e. The van der Waals surface area contributed by atoms with E-state index in [0.717, 1.165) is 0 Å². The van der Waals surface area contributed by atoms with Gasteiger partial charge < -0.3 is 10.6 Å². The van der Waals surface area contributed by atoms with Crippen LogP contribution in [0.15, 0.2) is 0 Å². The number of hydrogen-bond donors (Lipinski definition) is 3. The molecule has 0 aromatic carbocycles. The smallest absolute Gasteiger partial charge is 0.237 e. The van der Waals surface area contributed by atoms with Crippen molar-refractivity contribution in [2.24, 2.45) is 17.5 Å². The van der Waals surface area contributed by atoms with Gasteiger partial charge in [-0.25, -0.2) is 5.84 Å². The maximum atomic E-state index is 12.1. The van der Waals surface area contributed by atoms with Crippen LogP contribution in [0.5, 0.6) is 0 Å². The highest BCUT2D eigenvalue weighted by atomic mass is 16.2. The molecule has 20 heavy (non-hydrogen) atoms. The van der Waals surface area contributed by atoms with E-state index in [0.29, 0.717) is 32.5 Å². The predicted molar refractivity (Wildman–Crippen MR) is 72.9 cm³/mol. The highest BCUT2D eigenvalue weighted by Crippen LogP contribution is 2.17. The highest BCUT2D eigenvalue weighted by molar-refractivity contribution is 5.81. The van der Waals surface area contributed by atoms with E-state index in [2.05, 4.69) is 5.43 Å². The number of nitrogens with one attached hydrogen (secondary N) is 1. The van der Waals surface area contributed by atoms with Gasteiger partial charge in [-0.2, -0.15) is 0 Å². The highest BCUT2D eigenvalue weighted by Gasteiger charge is 2.27. The van der Waals surface area contributed by atoms with E-state index < -0.39 is 5.91 Å². The normalized spacial score (nSPS) is 16.2. The van der Waals surface area contributed by atoms with Gasteiger partial charge in [-0.15, -0.1) is 0 Å². The molecule has 5 N–H and O–H groups in total. The average molecular weight is 285 g/mol. The molecule has 1 saturated heterocycles. The Kier molecular flexibility index (Phi) is 6.40. The van der Waals surface area contributed by atoms with Crippen LogP contribution in [0.3, 0.4) is 0 Å². The van der Waals surface area contributed by atoms with Crippen molar-refractivity contribution in [2.75, 3.05) is 32.7 Å². The first-order valence-corrected chi connectivity index (χ1v) is 6.76. The Morgan fingerprint density at radius 1 is 1.25 bits per heavy atom. The molecule has 8 heteroatoms. The third-order valence-corrected chi connectivity index (χ3v) is 3.55. The molecule has 0 bridgehead atoms. The maximum absolute atomic E-state index is 12.1. The molecular weight excluding hydrogens is 262 g/mol. The molecule has 1 heterocycles. The Labute approximate surface area is 118 Å². The van der Waals surface area contributed by atoms with Gasteiger partial charge >= 0.3 is 0 Å². The molecular formula is C12H23N5O3. The molecule has 1 aliphatic rings. The number of nitrogens with two attached hydrogens (primary N) is 2. The van der Waals surface area contributed by atoms with Crippen molar-refractivity contribution in [1.82, 2.24) is 15.2 Å². The summed E-state index contributed by atoms with van der Waals surface area (Å²) >= 11 is 0. The fourth-order valence-electron chi connectivity index (χ4n) is 2.30. The molecule has 3 amide bonds. The Morgan fingerprint density at radius 3 is 2.30 bits per heavy atom. The van der Waals surface area contributed by atoms with E-state index in [1.54, 1.807) is 9.80 Å². The minimum Gasteiger partial charge on any atom is -0.369 e. The Bertz CT molecular complexity index is 366. The number of hydrogen-bond acceptors (Lipinski definition) is 5. The van der Waals surface area contributed by atoms with Crippen LogP contribution in [-0.4, -0.2) is 60.2 Å². The van der Waals surface area contributed by atoms with Crippen LogP contribution < -0.4 is 17.0 Å². The molecule has 1 aliphatic heterocycles. The first-order chi connectivity index (χ1) is 9.47. The van der Waals surface area contributed by atoms with Crippen molar-refractivity contribution >= 4 is 17.7 Å². The second-order valence-corrected chi connectivity index (χ2v) is 4.93. The summed E-state index contributed by atoms with van der Waals surface area (Å²) in [6.07, 6.45) is 1.22. The minimum absolute atomic E-state index is 0.0419. The van der Waals surface area contributed by atoms with E-state index in [1.165, 1.54) is 0 Å². The topological polar surface area (TPSA) is 122 Å². The van der Waals surface area contributed by atoms with Crippen LogP contribution in [0.2, 0.25) is 0 Å². The van der Waals surface area contributed by atoms with Crippen molar-refractivity contribution in [2.45, 2.75) is 19.8 Å². The largest absolute Gasteiger partial charge is 0.369 e. The summed E-state index contributed by atoms with van der Waals surface area (Å²) in [5.74, 6) is 4.30. The summed E-state index contributed by atoms with van der Waals surface area (Å²) in [7, 11) is 0. The molecule has 0 aliphatic carbocycles. The molecule has 0 unspecified atom stereocenters. The summed E-state index contributed by atoms with van der Waals surface area (Å²) in [6.45, 7) is 3.77. The molecule has 1 fully saturated rings. The number of nitrogens with zero attached hydrogens (tertiary/aromatic N) is 2.